The first-order valence-corrected chi connectivity index (χ1v) is 7.38. The predicted octanol–water partition coefficient (Wildman–Crippen LogP) is 3.02. The van der Waals surface area contributed by atoms with Gasteiger partial charge in [-0.1, -0.05) is 11.6 Å². The van der Waals surface area contributed by atoms with Gasteiger partial charge in [0.1, 0.15) is 0 Å². The SMILES string of the molecule is COc1cc(C(=O)Nc2ccc(C(N)=O)c(C)c2)cc(Cl)c1OC. The first kappa shape index (κ1) is 17.6. The highest BCUT2D eigenvalue weighted by molar-refractivity contribution is 6.32. The van der Waals surface area contributed by atoms with Gasteiger partial charge in [-0.25, -0.2) is 0 Å². The summed E-state index contributed by atoms with van der Waals surface area (Å²) in [4.78, 5) is 23.6. The van der Waals surface area contributed by atoms with Gasteiger partial charge in [0, 0.05) is 16.8 Å². The van der Waals surface area contributed by atoms with E-state index in [1.807, 2.05) is 0 Å². The van der Waals surface area contributed by atoms with Crippen molar-refractivity contribution in [3.05, 3.63) is 52.0 Å². The molecule has 2 rings (SSSR count). The van der Waals surface area contributed by atoms with E-state index < -0.39 is 5.91 Å². The van der Waals surface area contributed by atoms with Crippen LogP contribution in [-0.4, -0.2) is 26.0 Å². The van der Waals surface area contributed by atoms with Crippen LogP contribution in [0.15, 0.2) is 30.3 Å². The van der Waals surface area contributed by atoms with Gasteiger partial charge in [0.2, 0.25) is 5.91 Å². The third-order valence-electron chi connectivity index (χ3n) is 3.45. The van der Waals surface area contributed by atoms with Gasteiger partial charge in [-0.3, -0.25) is 9.59 Å². The predicted molar refractivity (Wildman–Crippen MR) is 92.2 cm³/mol. The van der Waals surface area contributed by atoms with Crippen LogP contribution in [-0.2, 0) is 0 Å². The average Bonchev–Trinajstić information content (AvgIpc) is 2.53. The maximum atomic E-state index is 12.4. The number of aryl methyl sites for hydroxylation is 1. The molecule has 0 aromatic heterocycles. The summed E-state index contributed by atoms with van der Waals surface area (Å²) in [5.41, 5.74) is 7.19. The molecular weight excluding hydrogens is 332 g/mol. The Morgan fingerprint density at radius 1 is 1.12 bits per heavy atom. The molecule has 0 spiro atoms. The smallest absolute Gasteiger partial charge is 0.255 e. The van der Waals surface area contributed by atoms with Gasteiger partial charge in [0.05, 0.1) is 19.2 Å². The number of primary amides is 1. The molecule has 3 N–H and O–H groups in total. The number of nitrogens with one attached hydrogen (secondary N) is 1. The molecule has 0 aliphatic heterocycles. The van der Waals surface area contributed by atoms with E-state index in [2.05, 4.69) is 5.32 Å². The van der Waals surface area contributed by atoms with Gasteiger partial charge >= 0.3 is 0 Å². The van der Waals surface area contributed by atoms with E-state index in [4.69, 9.17) is 26.8 Å². The number of ether oxygens (including phenoxy) is 2. The second-order valence-corrected chi connectivity index (χ2v) is 5.45. The first-order valence-electron chi connectivity index (χ1n) is 7.00. The summed E-state index contributed by atoms with van der Waals surface area (Å²) in [7, 11) is 2.92. The van der Waals surface area contributed by atoms with E-state index in [9.17, 15) is 9.59 Å². The fourth-order valence-electron chi connectivity index (χ4n) is 2.27. The van der Waals surface area contributed by atoms with Crippen molar-refractivity contribution in [2.24, 2.45) is 5.73 Å². The molecule has 2 aromatic rings. The highest BCUT2D eigenvalue weighted by Crippen LogP contribution is 2.36. The van der Waals surface area contributed by atoms with Crippen molar-refractivity contribution >= 4 is 29.1 Å². The van der Waals surface area contributed by atoms with Crippen molar-refractivity contribution < 1.29 is 19.1 Å². The van der Waals surface area contributed by atoms with Gasteiger partial charge in [-0.05, 0) is 42.8 Å². The summed E-state index contributed by atoms with van der Waals surface area (Å²) >= 11 is 6.10. The highest BCUT2D eigenvalue weighted by Gasteiger charge is 2.16. The zero-order chi connectivity index (χ0) is 17.9. The van der Waals surface area contributed by atoms with Crippen LogP contribution < -0.4 is 20.5 Å². The van der Waals surface area contributed by atoms with Crippen LogP contribution in [0.25, 0.3) is 0 Å². The van der Waals surface area contributed by atoms with Gasteiger partial charge in [0.25, 0.3) is 5.91 Å². The molecule has 0 bridgehead atoms. The number of benzene rings is 2. The molecule has 0 unspecified atom stereocenters. The highest BCUT2D eigenvalue weighted by atomic mass is 35.5. The number of nitrogens with two attached hydrogens (primary N) is 1. The Morgan fingerprint density at radius 3 is 2.38 bits per heavy atom. The number of amides is 2. The van der Waals surface area contributed by atoms with Crippen molar-refractivity contribution in [3.63, 3.8) is 0 Å². The fourth-order valence-corrected chi connectivity index (χ4v) is 2.56. The van der Waals surface area contributed by atoms with Gasteiger partial charge in [-0.2, -0.15) is 0 Å². The summed E-state index contributed by atoms with van der Waals surface area (Å²) in [6, 6.07) is 7.86. The molecule has 0 aliphatic carbocycles. The minimum atomic E-state index is -0.517. The standard InChI is InChI=1S/C17H17ClN2O4/c1-9-6-11(4-5-12(9)16(19)21)20-17(22)10-7-13(18)15(24-3)14(8-10)23-2/h4-8H,1-3H3,(H2,19,21)(H,20,22). The van der Waals surface area contributed by atoms with Gasteiger partial charge in [0.15, 0.2) is 11.5 Å². The Balaban J connectivity index is 2.29. The van der Waals surface area contributed by atoms with E-state index in [1.54, 1.807) is 25.1 Å². The first-order chi connectivity index (χ1) is 11.4. The van der Waals surface area contributed by atoms with Crippen LogP contribution >= 0.6 is 11.6 Å². The molecule has 0 fully saturated rings. The normalized spacial score (nSPS) is 10.2. The molecule has 7 heteroatoms. The monoisotopic (exact) mass is 348 g/mol. The van der Waals surface area contributed by atoms with Crippen LogP contribution in [0.5, 0.6) is 11.5 Å². The molecule has 0 saturated heterocycles. The molecule has 6 nitrogen and oxygen atoms in total. The Kier molecular flexibility index (Phi) is 5.31. The Labute approximate surface area is 144 Å². The lowest BCUT2D eigenvalue weighted by Gasteiger charge is -2.12. The molecular formula is C17H17ClN2O4. The summed E-state index contributed by atoms with van der Waals surface area (Å²) in [6.45, 7) is 1.74. The van der Waals surface area contributed by atoms with Crippen LogP contribution in [0.1, 0.15) is 26.3 Å². The quantitative estimate of drug-likeness (QED) is 0.869. The van der Waals surface area contributed by atoms with Crippen LogP contribution in [0.2, 0.25) is 5.02 Å². The largest absolute Gasteiger partial charge is 0.493 e. The minimum absolute atomic E-state index is 0.266. The zero-order valence-electron chi connectivity index (χ0n) is 13.5. The van der Waals surface area contributed by atoms with Crippen LogP contribution in [0, 0.1) is 6.92 Å². The number of halogens is 1. The fraction of sp³-hybridized carbons (Fsp3) is 0.176. The van der Waals surface area contributed by atoms with Crippen molar-refractivity contribution in [2.75, 3.05) is 19.5 Å². The Hall–Kier alpha value is -2.73. The number of hydrogen-bond acceptors (Lipinski definition) is 4. The van der Waals surface area contributed by atoms with E-state index in [0.717, 1.165) is 0 Å². The topological polar surface area (TPSA) is 90.6 Å². The van der Waals surface area contributed by atoms with Gasteiger partial charge < -0.3 is 20.5 Å². The van der Waals surface area contributed by atoms with Gasteiger partial charge in [-0.15, -0.1) is 0 Å². The summed E-state index contributed by atoms with van der Waals surface area (Å²) in [5, 5.41) is 3.00. The third kappa shape index (κ3) is 3.60. The minimum Gasteiger partial charge on any atom is -0.493 e. The number of carbonyl (C=O) groups excluding carboxylic acids is 2. The molecule has 2 amide bonds. The van der Waals surface area contributed by atoms with Crippen molar-refractivity contribution in [1.82, 2.24) is 0 Å². The maximum Gasteiger partial charge on any atom is 0.255 e. The van der Waals surface area contributed by atoms with E-state index in [0.29, 0.717) is 33.9 Å². The second-order valence-electron chi connectivity index (χ2n) is 5.04. The number of anilines is 1. The van der Waals surface area contributed by atoms with Crippen LogP contribution in [0.3, 0.4) is 0 Å². The van der Waals surface area contributed by atoms with Crippen molar-refractivity contribution in [1.29, 1.82) is 0 Å². The number of carbonyl (C=O) groups is 2. The lowest BCUT2D eigenvalue weighted by molar-refractivity contribution is 0.0997. The van der Waals surface area contributed by atoms with Crippen molar-refractivity contribution in [3.8, 4) is 11.5 Å². The van der Waals surface area contributed by atoms with E-state index in [1.165, 1.54) is 26.4 Å². The molecule has 0 heterocycles. The van der Waals surface area contributed by atoms with Crippen LogP contribution in [0.4, 0.5) is 5.69 Å². The summed E-state index contributed by atoms with van der Waals surface area (Å²) in [5.74, 6) is -0.172. The number of methoxy groups -OCH3 is 2. The Morgan fingerprint density at radius 2 is 1.83 bits per heavy atom. The van der Waals surface area contributed by atoms with E-state index >= 15 is 0 Å². The maximum absolute atomic E-state index is 12.4. The molecule has 0 aliphatic rings. The molecule has 2 aromatic carbocycles. The van der Waals surface area contributed by atoms with E-state index in [-0.39, 0.29) is 10.9 Å². The molecule has 0 atom stereocenters. The molecule has 0 saturated carbocycles. The summed E-state index contributed by atoms with van der Waals surface area (Å²) < 4.78 is 10.3. The lowest BCUT2D eigenvalue weighted by Crippen LogP contribution is -2.15. The summed E-state index contributed by atoms with van der Waals surface area (Å²) in [6.07, 6.45) is 0. The molecule has 0 radical (unpaired) electrons. The molecule has 126 valence electrons. The average molecular weight is 349 g/mol. The Bertz CT molecular complexity index is 805. The number of rotatable bonds is 5. The zero-order valence-corrected chi connectivity index (χ0v) is 14.2. The lowest BCUT2D eigenvalue weighted by atomic mass is 10.1. The third-order valence-corrected chi connectivity index (χ3v) is 3.73. The second kappa shape index (κ2) is 7.23. The molecule has 24 heavy (non-hydrogen) atoms. The number of hydrogen-bond donors (Lipinski definition) is 2. The van der Waals surface area contributed by atoms with Crippen molar-refractivity contribution in [2.45, 2.75) is 6.92 Å².